The largest absolute Gasteiger partial charge is 0.465 e. The average Bonchev–Trinajstić information content (AvgIpc) is 2.85. The molecule has 2 heterocycles. The van der Waals surface area contributed by atoms with E-state index in [4.69, 9.17) is 10.8 Å². The lowest BCUT2D eigenvalue weighted by Gasteiger charge is -2.35. The molecule has 36 heavy (non-hydrogen) atoms. The van der Waals surface area contributed by atoms with E-state index < -0.39 is 12.0 Å². The van der Waals surface area contributed by atoms with E-state index in [1.807, 2.05) is 29.2 Å². The highest BCUT2D eigenvalue weighted by molar-refractivity contribution is 5.97. The van der Waals surface area contributed by atoms with Crippen LogP contribution in [0.15, 0.2) is 30.5 Å². The van der Waals surface area contributed by atoms with Crippen molar-refractivity contribution >= 4 is 41.0 Å². The van der Waals surface area contributed by atoms with E-state index in [1.54, 1.807) is 6.92 Å². The van der Waals surface area contributed by atoms with Crippen LogP contribution in [-0.4, -0.2) is 76.1 Å². The zero-order chi connectivity index (χ0) is 25.7. The molecule has 2 aromatic rings. The molecule has 1 saturated heterocycles. The van der Waals surface area contributed by atoms with Crippen molar-refractivity contribution in [3.63, 3.8) is 0 Å². The molecule has 12 heteroatoms. The van der Waals surface area contributed by atoms with E-state index in [-0.39, 0.29) is 23.6 Å². The zero-order valence-corrected chi connectivity index (χ0v) is 20.2. The molecule has 0 atom stereocenters. The monoisotopic (exact) mass is 496 g/mol. The maximum Gasteiger partial charge on any atom is 0.404 e. The van der Waals surface area contributed by atoms with Crippen LogP contribution in [0, 0.1) is 0 Å². The summed E-state index contributed by atoms with van der Waals surface area (Å²) in [5.74, 6) is 0.161. The van der Waals surface area contributed by atoms with Crippen molar-refractivity contribution < 1.29 is 19.5 Å². The van der Waals surface area contributed by atoms with Gasteiger partial charge in [-0.3, -0.25) is 9.59 Å². The molecule has 1 saturated carbocycles. The Morgan fingerprint density at radius 1 is 1.00 bits per heavy atom. The lowest BCUT2D eigenvalue weighted by atomic mass is 9.91. The first kappa shape index (κ1) is 25.0. The van der Waals surface area contributed by atoms with Crippen molar-refractivity contribution in [1.29, 1.82) is 0 Å². The van der Waals surface area contributed by atoms with Crippen LogP contribution in [0.25, 0.3) is 0 Å². The summed E-state index contributed by atoms with van der Waals surface area (Å²) in [6, 6.07) is 7.85. The van der Waals surface area contributed by atoms with Gasteiger partial charge in [0.2, 0.25) is 11.9 Å². The number of carbonyl (C=O) groups is 3. The third-order valence-corrected chi connectivity index (χ3v) is 6.66. The summed E-state index contributed by atoms with van der Waals surface area (Å²) in [5.41, 5.74) is 7.60. The standard InChI is InChI=1S/C24H32N8O4/c1-15(33)31-10-12-32(13-11-31)19-8-6-17(7-9-19)28-23-26-14-20(21(25)34)22(30-23)27-16-2-4-18(5-3-16)29-24(35)36/h6-9,14,16,18,29H,2-5,10-13H2,1H3,(H2,25,34)(H,35,36)(H2,26,27,28,30)/t16-,18-. The molecule has 3 amide bonds. The number of piperazine rings is 1. The highest BCUT2D eigenvalue weighted by Gasteiger charge is 2.24. The molecule has 0 bridgehead atoms. The van der Waals surface area contributed by atoms with Crippen molar-refractivity contribution in [2.45, 2.75) is 44.7 Å². The van der Waals surface area contributed by atoms with Crippen molar-refractivity contribution in [2.75, 3.05) is 41.7 Å². The normalized spacial score (nSPS) is 19.9. The van der Waals surface area contributed by atoms with Crippen LogP contribution in [0.3, 0.4) is 0 Å². The molecule has 2 aliphatic rings. The second kappa shape index (κ2) is 11.1. The minimum atomic E-state index is -1.02. The maximum atomic E-state index is 11.9. The quantitative estimate of drug-likeness (QED) is 0.385. The Balaban J connectivity index is 1.39. The van der Waals surface area contributed by atoms with E-state index in [2.05, 4.69) is 30.8 Å². The van der Waals surface area contributed by atoms with Crippen LogP contribution < -0.4 is 26.6 Å². The number of benzene rings is 1. The molecule has 1 aliphatic heterocycles. The number of hydrogen-bond acceptors (Lipinski definition) is 8. The zero-order valence-electron chi connectivity index (χ0n) is 20.2. The van der Waals surface area contributed by atoms with Gasteiger partial charge in [-0.15, -0.1) is 0 Å². The summed E-state index contributed by atoms with van der Waals surface area (Å²) in [4.78, 5) is 47.2. The van der Waals surface area contributed by atoms with Gasteiger partial charge in [0.25, 0.3) is 5.91 Å². The number of amides is 3. The van der Waals surface area contributed by atoms with Gasteiger partial charge in [-0.1, -0.05) is 0 Å². The number of carboxylic acid groups (broad SMARTS) is 1. The van der Waals surface area contributed by atoms with Crippen LogP contribution >= 0.6 is 0 Å². The fraction of sp³-hybridized carbons (Fsp3) is 0.458. The van der Waals surface area contributed by atoms with Gasteiger partial charge >= 0.3 is 6.09 Å². The Morgan fingerprint density at radius 3 is 2.22 bits per heavy atom. The molecule has 0 unspecified atom stereocenters. The molecule has 0 radical (unpaired) electrons. The highest BCUT2D eigenvalue weighted by atomic mass is 16.4. The number of carbonyl (C=O) groups excluding carboxylic acids is 2. The first-order valence-electron chi connectivity index (χ1n) is 12.1. The summed E-state index contributed by atoms with van der Waals surface area (Å²) in [6.07, 6.45) is 3.25. The topological polar surface area (TPSA) is 166 Å². The SMILES string of the molecule is CC(=O)N1CCN(c2ccc(Nc3ncc(C(N)=O)c(N[C@H]4CC[C@H](NC(=O)O)CC4)n3)cc2)CC1. The molecule has 192 valence electrons. The van der Waals surface area contributed by atoms with E-state index in [0.29, 0.717) is 37.7 Å². The van der Waals surface area contributed by atoms with Gasteiger partial charge in [-0.25, -0.2) is 9.78 Å². The van der Waals surface area contributed by atoms with Gasteiger partial charge in [0.05, 0.1) is 5.56 Å². The fourth-order valence-corrected chi connectivity index (χ4v) is 4.65. The van der Waals surface area contributed by atoms with E-state index in [0.717, 1.165) is 37.3 Å². The minimum absolute atomic E-state index is 0.0421. The molecule has 4 rings (SSSR count). The smallest absolute Gasteiger partial charge is 0.404 e. The molecule has 1 aromatic carbocycles. The molecule has 0 spiro atoms. The first-order valence-corrected chi connectivity index (χ1v) is 12.1. The Bertz CT molecular complexity index is 1090. The second-order valence-corrected chi connectivity index (χ2v) is 9.13. The van der Waals surface area contributed by atoms with Crippen LogP contribution in [0.4, 0.5) is 27.9 Å². The van der Waals surface area contributed by atoms with Crippen LogP contribution in [0.1, 0.15) is 43.0 Å². The Labute approximate surface area is 209 Å². The molecular weight excluding hydrogens is 464 g/mol. The van der Waals surface area contributed by atoms with Gasteiger partial charge in [-0.2, -0.15) is 4.98 Å². The third kappa shape index (κ3) is 6.32. The predicted octanol–water partition coefficient (Wildman–Crippen LogP) is 1.98. The number of rotatable bonds is 7. The van der Waals surface area contributed by atoms with Gasteiger partial charge in [0.15, 0.2) is 0 Å². The molecule has 1 aromatic heterocycles. The number of anilines is 4. The van der Waals surface area contributed by atoms with Crippen LogP contribution in [0.2, 0.25) is 0 Å². The van der Waals surface area contributed by atoms with Gasteiger partial charge in [0.1, 0.15) is 5.82 Å². The molecule has 1 aliphatic carbocycles. The molecular formula is C24H32N8O4. The molecule has 2 fully saturated rings. The Kier molecular flexibility index (Phi) is 7.71. The minimum Gasteiger partial charge on any atom is -0.465 e. The summed E-state index contributed by atoms with van der Waals surface area (Å²) in [5, 5.41) is 17.9. The van der Waals surface area contributed by atoms with Crippen LogP contribution in [0.5, 0.6) is 0 Å². The van der Waals surface area contributed by atoms with Gasteiger partial charge in [-0.05, 0) is 49.9 Å². The van der Waals surface area contributed by atoms with Gasteiger partial charge < -0.3 is 36.6 Å². The third-order valence-electron chi connectivity index (χ3n) is 6.66. The Hall–Kier alpha value is -4.09. The summed E-state index contributed by atoms with van der Waals surface area (Å²) in [7, 11) is 0. The number of nitrogens with two attached hydrogens (primary N) is 1. The number of hydrogen-bond donors (Lipinski definition) is 5. The highest BCUT2D eigenvalue weighted by Crippen LogP contribution is 2.25. The van der Waals surface area contributed by atoms with E-state index >= 15 is 0 Å². The Morgan fingerprint density at radius 2 is 1.64 bits per heavy atom. The van der Waals surface area contributed by atoms with E-state index in [9.17, 15) is 14.4 Å². The van der Waals surface area contributed by atoms with E-state index in [1.165, 1.54) is 6.20 Å². The lowest BCUT2D eigenvalue weighted by Crippen LogP contribution is -2.48. The maximum absolute atomic E-state index is 11.9. The first-order chi connectivity index (χ1) is 17.3. The average molecular weight is 497 g/mol. The number of aromatic nitrogens is 2. The molecule has 6 N–H and O–H groups in total. The summed E-state index contributed by atoms with van der Waals surface area (Å²) in [6.45, 7) is 4.59. The van der Waals surface area contributed by atoms with Crippen molar-refractivity contribution in [1.82, 2.24) is 20.2 Å². The number of nitrogens with one attached hydrogen (secondary N) is 3. The number of primary amides is 1. The summed E-state index contributed by atoms with van der Waals surface area (Å²) >= 11 is 0. The lowest BCUT2D eigenvalue weighted by molar-refractivity contribution is -0.129. The van der Waals surface area contributed by atoms with Crippen molar-refractivity contribution in [3.05, 3.63) is 36.0 Å². The molecule has 12 nitrogen and oxygen atoms in total. The fourth-order valence-electron chi connectivity index (χ4n) is 4.65. The van der Waals surface area contributed by atoms with Gasteiger partial charge in [0, 0.05) is 62.8 Å². The summed E-state index contributed by atoms with van der Waals surface area (Å²) < 4.78 is 0. The predicted molar refractivity (Wildman–Crippen MR) is 136 cm³/mol. The van der Waals surface area contributed by atoms with Crippen molar-refractivity contribution in [2.24, 2.45) is 5.73 Å². The van der Waals surface area contributed by atoms with Crippen LogP contribution in [-0.2, 0) is 4.79 Å². The second-order valence-electron chi connectivity index (χ2n) is 9.13. The van der Waals surface area contributed by atoms with Crippen molar-refractivity contribution in [3.8, 4) is 0 Å². The number of nitrogens with zero attached hydrogens (tertiary/aromatic N) is 4.